The van der Waals surface area contributed by atoms with E-state index in [0.717, 1.165) is 43.4 Å². The summed E-state index contributed by atoms with van der Waals surface area (Å²) in [7, 11) is 1.53. The van der Waals surface area contributed by atoms with Gasteiger partial charge in [-0.25, -0.2) is 4.79 Å². The van der Waals surface area contributed by atoms with Crippen molar-refractivity contribution in [2.24, 2.45) is 5.92 Å². The highest BCUT2D eigenvalue weighted by Gasteiger charge is 2.31. The number of aromatic nitrogens is 1. The Morgan fingerprint density at radius 2 is 1.82 bits per heavy atom. The molecule has 9 nitrogen and oxygen atoms in total. The van der Waals surface area contributed by atoms with Gasteiger partial charge in [0.1, 0.15) is 10.8 Å². The molecular weight excluding hydrogens is 586 g/mol. The monoisotopic (exact) mass is 622 g/mol. The molecule has 6 aliphatic heterocycles. The molecule has 0 unspecified atom stereocenters. The minimum Gasteiger partial charge on any atom is -0.495 e. The van der Waals surface area contributed by atoms with Crippen molar-refractivity contribution >= 4 is 40.6 Å². The van der Waals surface area contributed by atoms with Crippen LogP contribution in [0.1, 0.15) is 41.6 Å². The number of methoxy groups -OCH3 is 1. The van der Waals surface area contributed by atoms with Gasteiger partial charge >= 0.3 is 6.03 Å². The number of pyridine rings is 1. The fraction of sp³-hybridized carbons (Fsp3) is 0.438. The molecule has 8 bridgehead atoms. The van der Waals surface area contributed by atoms with Crippen molar-refractivity contribution in [1.29, 1.82) is 0 Å². The van der Waals surface area contributed by atoms with Crippen LogP contribution in [0.5, 0.6) is 5.75 Å². The Kier molecular flexibility index (Phi) is 9.02. The summed E-state index contributed by atoms with van der Waals surface area (Å²) in [6, 6.07) is 11.0. The Bertz CT molecular complexity index is 1590. The van der Waals surface area contributed by atoms with E-state index < -0.39 is 5.76 Å². The zero-order valence-corrected chi connectivity index (χ0v) is 25.4. The Morgan fingerprint density at radius 3 is 2.61 bits per heavy atom. The molecule has 2 saturated heterocycles. The van der Waals surface area contributed by atoms with Gasteiger partial charge in [-0.2, -0.15) is 8.78 Å². The normalized spacial score (nSPS) is 21.0. The number of carbonyl (C=O) groups excluding carboxylic acids is 2. The molecule has 2 fully saturated rings. The van der Waals surface area contributed by atoms with Gasteiger partial charge in [0.15, 0.2) is 0 Å². The number of rotatable bonds is 3. The van der Waals surface area contributed by atoms with Crippen molar-refractivity contribution < 1.29 is 23.1 Å². The molecule has 3 N–H and O–H groups in total. The summed E-state index contributed by atoms with van der Waals surface area (Å²) in [6.45, 7) is 3.49. The van der Waals surface area contributed by atoms with Crippen LogP contribution >= 0.6 is 11.8 Å². The number of anilines is 2. The minimum atomic E-state index is -2.60. The summed E-state index contributed by atoms with van der Waals surface area (Å²) in [5.74, 6) is 4.18. The van der Waals surface area contributed by atoms with Gasteiger partial charge in [0.2, 0.25) is 0 Å². The third kappa shape index (κ3) is 6.53. The number of thioether (sulfide) groups is 1. The van der Waals surface area contributed by atoms with Gasteiger partial charge in [0.05, 0.1) is 36.1 Å². The number of hydrogen-bond acceptors (Lipinski definition) is 6. The highest BCUT2D eigenvalue weighted by molar-refractivity contribution is 7.99. The second-order valence-corrected chi connectivity index (χ2v) is 12.3. The molecule has 0 spiro atoms. The molecule has 2 aromatic heterocycles. The second-order valence-electron chi connectivity index (χ2n) is 11.3. The van der Waals surface area contributed by atoms with Gasteiger partial charge in [0.25, 0.3) is 11.7 Å². The van der Waals surface area contributed by atoms with E-state index in [0.29, 0.717) is 71.4 Å². The number of nitrogens with zero attached hydrogens (tertiary/aromatic N) is 3. The van der Waals surface area contributed by atoms with Crippen LogP contribution < -0.4 is 20.7 Å². The maximum atomic E-state index is 13.6. The summed E-state index contributed by atoms with van der Waals surface area (Å²) < 4.78 is 34.5. The first-order valence-corrected chi connectivity index (χ1v) is 15.9. The maximum Gasteiger partial charge on any atom is 0.320 e. The van der Waals surface area contributed by atoms with E-state index in [1.165, 1.54) is 7.11 Å². The van der Waals surface area contributed by atoms with Gasteiger partial charge in [-0.3, -0.25) is 4.79 Å². The van der Waals surface area contributed by atoms with E-state index in [-0.39, 0.29) is 24.5 Å². The lowest BCUT2D eigenvalue weighted by Crippen LogP contribution is -2.48. The van der Waals surface area contributed by atoms with Crippen molar-refractivity contribution in [3.63, 3.8) is 0 Å². The Morgan fingerprint density at radius 1 is 1.00 bits per heavy atom. The zero-order valence-electron chi connectivity index (χ0n) is 24.6. The molecule has 9 rings (SSSR count). The Balaban J connectivity index is 1.29. The lowest BCUT2D eigenvalue weighted by molar-refractivity contribution is 0.0950. The van der Waals surface area contributed by atoms with Crippen LogP contribution in [0, 0.1) is 17.8 Å². The third-order valence-corrected chi connectivity index (χ3v) is 9.36. The predicted molar refractivity (Wildman–Crippen MR) is 168 cm³/mol. The van der Waals surface area contributed by atoms with Crippen LogP contribution in [-0.4, -0.2) is 84.3 Å². The average molecular weight is 623 g/mol. The van der Waals surface area contributed by atoms with Crippen molar-refractivity contribution in [1.82, 2.24) is 19.5 Å². The molecule has 6 aliphatic rings. The van der Waals surface area contributed by atoms with Crippen LogP contribution in [0.2, 0.25) is 0 Å². The molecule has 1 aromatic carbocycles. The van der Waals surface area contributed by atoms with Crippen LogP contribution in [0.25, 0.3) is 5.52 Å². The van der Waals surface area contributed by atoms with Crippen molar-refractivity contribution in [3.05, 3.63) is 53.7 Å². The van der Waals surface area contributed by atoms with Crippen molar-refractivity contribution in [3.8, 4) is 17.6 Å². The Labute approximate surface area is 259 Å². The molecule has 44 heavy (non-hydrogen) atoms. The number of ether oxygens (including phenoxy) is 1. The lowest BCUT2D eigenvalue weighted by atomic mass is 10.0. The SMILES string of the molecule is COc1cc2ccc1NCC#Cc1cc3c(cccn3c1SC(F)F)NC1CCN(CC1)C(=O)N1CC[C@@H](CCNC2=O)C1. The van der Waals surface area contributed by atoms with Crippen LogP contribution in [0.3, 0.4) is 0 Å². The molecule has 8 heterocycles. The Hall–Kier alpha value is -4.11. The van der Waals surface area contributed by atoms with Crippen LogP contribution in [-0.2, 0) is 0 Å². The topological polar surface area (TPSA) is 90.3 Å². The fourth-order valence-electron chi connectivity index (χ4n) is 6.22. The lowest BCUT2D eigenvalue weighted by Gasteiger charge is -2.35. The fourth-order valence-corrected chi connectivity index (χ4v) is 6.89. The van der Waals surface area contributed by atoms with E-state index in [1.807, 2.05) is 28.0 Å². The summed E-state index contributed by atoms with van der Waals surface area (Å²) in [5, 5.41) is 10.2. The molecule has 12 heteroatoms. The van der Waals surface area contributed by atoms with Gasteiger partial charge in [-0.15, -0.1) is 0 Å². The molecule has 0 radical (unpaired) electrons. The highest BCUT2D eigenvalue weighted by atomic mass is 32.2. The maximum absolute atomic E-state index is 13.6. The minimum absolute atomic E-state index is 0.0758. The van der Waals surface area contributed by atoms with E-state index >= 15 is 0 Å². The smallest absolute Gasteiger partial charge is 0.320 e. The van der Waals surface area contributed by atoms with Crippen LogP contribution in [0.4, 0.5) is 25.0 Å². The molecule has 3 amide bonds. The number of halogens is 2. The largest absolute Gasteiger partial charge is 0.495 e. The first-order chi connectivity index (χ1) is 21.4. The number of carbonyl (C=O) groups is 2. The average Bonchev–Trinajstić information content (AvgIpc) is 3.64. The highest BCUT2D eigenvalue weighted by Crippen LogP contribution is 2.34. The number of hydrogen-bond donors (Lipinski definition) is 3. The van der Waals surface area contributed by atoms with E-state index in [1.54, 1.807) is 28.8 Å². The van der Waals surface area contributed by atoms with Crippen molar-refractivity contribution in [2.75, 3.05) is 57.0 Å². The number of benzene rings is 1. The number of alkyl halides is 2. The summed E-state index contributed by atoms with van der Waals surface area (Å²) in [5.41, 5.74) is 3.28. The third-order valence-electron chi connectivity index (χ3n) is 8.54. The summed E-state index contributed by atoms with van der Waals surface area (Å²) in [4.78, 5) is 30.0. The molecule has 0 aliphatic carbocycles. The molecule has 232 valence electrons. The van der Waals surface area contributed by atoms with E-state index in [2.05, 4.69) is 27.8 Å². The second kappa shape index (κ2) is 13.3. The van der Waals surface area contributed by atoms with E-state index in [9.17, 15) is 18.4 Å². The van der Waals surface area contributed by atoms with Gasteiger partial charge in [0, 0.05) is 50.5 Å². The van der Waals surface area contributed by atoms with Crippen molar-refractivity contribution in [2.45, 2.75) is 42.5 Å². The van der Waals surface area contributed by atoms with Gasteiger partial charge < -0.3 is 34.9 Å². The first-order valence-electron chi connectivity index (χ1n) is 15.0. The number of amides is 3. The standard InChI is InChI=1S/C32H36F2N6O3S/c1-43-28-19-22-6-7-26(28)35-12-2-4-23-18-27-25(5-3-14-40(27)30(23)44-31(33)34)37-24-10-16-38(17-11-24)32(42)39-15-9-21(20-39)8-13-36-29(22)41/h3,5-7,14,18-19,21,24,31,35,37H,8-13,15-17,20H2,1H3,(H,36,41)/t21-/m1/s1. The first kappa shape index (κ1) is 29.9. The zero-order chi connectivity index (χ0) is 30.6. The molecule has 1 atom stereocenters. The predicted octanol–water partition coefficient (Wildman–Crippen LogP) is 5.18. The molecule has 0 saturated carbocycles. The summed E-state index contributed by atoms with van der Waals surface area (Å²) >= 11 is 0.476. The van der Waals surface area contributed by atoms with Gasteiger partial charge in [-0.1, -0.05) is 11.8 Å². The number of nitrogens with one attached hydrogen (secondary N) is 3. The summed E-state index contributed by atoms with van der Waals surface area (Å²) in [6.07, 6.45) is 5.08. The quantitative estimate of drug-likeness (QED) is 0.276. The van der Waals surface area contributed by atoms with Crippen LogP contribution in [0.15, 0.2) is 47.6 Å². The number of piperidine rings is 1. The number of urea groups is 1. The molecule has 3 aromatic rings. The van der Waals surface area contributed by atoms with Gasteiger partial charge in [-0.05, 0) is 79.8 Å². The molecular formula is C32H36F2N6O3S. The van der Waals surface area contributed by atoms with E-state index in [4.69, 9.17) is 4.74 Å².